The minimum Gasteiger partial charge on any atom is -0.497 e. The van der Waals surface area contributed by atoms with Crippen LogP contribution in [0.1, 0.15) is 16.8 Å². The molecule has 0 N–H and O–H groups in total. The standard InChI is InChI=1S/C16H15NO4S/c1-21-12-7-8-15-14(11-12)16(18)9-10-17(15)22(19,20)13-5-3-2-4-6-13/h2-8,11H,9-10H2,1H3. The van der Waals surface area contributed by atoms with Gasteiger partial charge >= 0.3 is 0 Å². The van der Waals surface area contributed by atoms with Gasteiger partial charge in [-0.1, -0.05) is 18.2 Å². The van der Waals surface area contributed by atoms with E-state index in [9.17, 15) is 13.2 Å². The number of fused-ring (bicyclic) bond motifs is 1. The lowest BCUT2D eigenvalue weighted by atomic mass is 10.0. The summed E-state index contributed by atoms with van der Waals surface area (Å²) >= 11 is 0. The maximum atomic E-state index is 12.8. The zero-order valence-corrected chi connectivity index (χ0v) is 12.8. The van der Waals surface area contributed by atoms with Crippen LogP contribution in [-0.4, -0.2) is 27.9 Å². The fourth-order valence-corrected chi connectivity index (χ4v) is 4.02. The zero-order valence-electron chi connectivity index (χ0n) is 12.0. The Labute approximate surface area is 129 Å². The van der Waals surface area contributed by atoms with Crippen LogP contribution < -0.4 is 9.04 Å². The number of carbonyl (C=O) groups is 1. The summed E-state index contributed by atoms with van der Waals surface area (Å²) < 4.78 is 32.0. The van der Waals surface area contributed by atoms with Gasteiger partial charge in [-0.25, -0.2) is 8.42 Å². The lowest BCUT2D eigenvalue weighted by molar-refractivity contribution is 0.0981. The number of nitrogens with zero attached hydrogens (tertiary/aromatic N) is 1. The van der Waals surface area contributed by atoms with Gasteiger partial charge in [0.2, 0.25) is 0 Å². The third kappa shape index (κ3) is 2.35. The van der Waals surface area contributed by atoms with E-state index < -0.39 is 10.0 Å². The highest BCUT2D eigenvalue weighted by Crippen LogP contribution is 2.34. The smallest absolute Gasteiger partial charge is 0.264 e. The topological polar surface area (TPSA) is 63.7 Å². The lowest BCUT2D eigenvalue weighted by Crippen LogP contribution is -2.37. The van der Waals surface area contributed by atoms with E-state index in [0.717, 1.165) is 0 Å². The largest absolute Gasteiger partial charge is 0.497 e. The number of anilines is 1. The monoisotopic (exact) mass is 317 g/mol. The number of sulfonamides is 1. The average molecular weight is 317 g/mol. The van der Waals surface area contributed by atoms with E-state index in [1.165, 1.54) is 11.4 Å². The first-order valence-corrected chi connectivity index (χ1v) is 8.27. The number of benzene rings is 2. The fourth-order valence-electron chi connectivity index (χ4n) is 2.51. The van der Waals surface area contributed by atoms with Gasteiger partial charge in [0.25, 0.3) is 10.0 Å². The molecule has 0 amide bonds. The molecule has 1 heterocycles. The number of hydrogen-bond donors (Lipinski definition) is 0. The number of methoxy groups -OCH3 is 1. The molecule has 22 heavy (non-hydrogen) atoms. The third-order valence-corrected chi connectivity index (χ3v) is 5.47. The molecular weight excluding hydrogens is 302 g/mol. The Kier molecular flexibility index (Phi) is 3.62. The molecule has 2 aromatic rings. The molecule has 0 spiro atoms. The van der Waals surface area contributed by atoms with E-state index in [2.05, 4.69) is 0 Å². The van der Waals surface area contributed by atoms with Crippen LogP contribution in [0.15, 0.2) is 53.4 Å². The van der Waals surface area contributed by atoms with Crippen molar-refractivity contribution in [2.45, 2.75) is 11.3 Å². The maximum absolute atomic E-state index is 12.8. The van der Waals surface area contributed by atoms with E-state index in [0.29, 0.717) is 17.0 Å². The van der Waals surface area contributed by atoms with Crippen LogP contribution in [0.5, 0.6) is 5.75 Å². The molecule has 0 unspecified atom stereocenters. The molecule has 3 rings (SSSR count). The predicted octanol–water partition coefficient (Wildman–Crippen LogP) is 2.48. The Morgan fingerprint density at radius 3 is 2.50 bits per heavy atom. The molecule has 5 nitrogen and oxygen atoms in total. The lowest BCUT2D eigenvalue weighted by Gasteiger charge is -2.30. The summed E-state index contributed by atoms with van der Waals surface area (Å²) in [5.41, 5.74) is 0.783. The van der Waals surface area contributed by atoms with E-state index in [1.807, 2.05) is 0 Å². The molecule has 0 saturated carbocycles. The van der Waals surface area contributed by atoms with E-state index in [-0.39, 0.29) is 23.6 Å². The number of Topliss-reactive ketones (excluding diaryl/α,β-unsaturated/α-hetero) is 1. The van der Waals surface area contributed by atoms with E-state index in [1.54, 1.807) is 48.5 Å². The molecular formula is C16H15NO4S. The van der Waals surface area contributed by atoms with Gasteiger partial charge in [0.05, 0.1) is 17.7 Å². The first-order chi connectivity index (χ1) is 10.5. The second-order valence-corrected chi connectivity index (χ2v) is 6.81. The molecule has 0 aromatic heterocycles. The van der Waals surface area contributed by atoms with E-state index in [4.69, 9.17) is 4.74 Å². The Bertz CT molecular complexity index is 815. The average Bonchev–Trinajstić information content (AvgIpc) is 2.55. The van der Waals surface area contributed by atoms with Gasteiger partial charge < -0.3 is 4.74 Å². The molecule has 0 atom stereocenters. The zero-order chi connectivity index (χ0) is 15.7. The first kappa shape index (κ1) is 14.6. The summed E-state index contributed by atoms with van der Waals surface area (Å²) in [6, 6.07) is 13.1. The number of carbonyl (C=O) groups excluding carboxylic acids is 1. The van der Waals surface area contributed by atoms with Crippen molar-refractivity contribution in [1.82, 2.24) is 0 Å². The number of ether oxygens (including phenoxy) is 1. The van der Waals surface area contributed by atoms with Crippen LogP contribution in [-0.2, 0) is 10.0 Å². The van der Waals surface area contributed by atoms with Crippen LogP contribution in [0.25, 0.3) is 0 Å². The maximum Gasteiger partial charge on any atom is 0.264 e. The predicted molar refractivity (Wildman–Crippen MR) is 82.9 cm³/mol. The Hall–Kier alpha value is -2.34. The second kappa shape index (κ2) is 5.46. The highest BCUT2D eigenvalue weighted by atomic mass is 32.2. The van der Waals surface area contributed by atoms with Gasteiger partial charge in [-0.05, 0) is 30.3 Å². The minimum absolute atomic E-state index is 0.0755. The van der Waals surface area contributed by atoms with Crippen LogP contribution in [0.4, 0.5) is 5.69 Å². The van der Waals surface area contributed by atoms with E-state index >= 15 is 0 Å². The van der Waals surface area contributed by atoms with Crippen molar-refractivity contribution in [2.24, 2.45) is 0 Å². The molecule has 0 bridgehead atoms. The van der Waals surface area contributed by atoms with Crippen molar-refractivity contribution in [3.8, 4) is 5.75 Å². The van der Waals surface area contributed by atoms with Crippen molar-refractivity contribution >= 4 is 21.5 Å². The number of rotatable bonds is 3. The van der Waals surface area contributed by atoms with Crippen molar-refractivity contribution < 1.29 is 17.9 Å². The molecule has 2 aromatic carbocycles. The summed E-state index contributed by atoms with van der Waals surface area (Å²) in [5, 5.41) is 0. The van der Waals surface area contributed by atoms with Gasteiger partial charge in [0.15, 0.2) is 5.78 Å². The molecule has 0 fully saturated rings. The molecule has 6 heteroatoms. The minimum atomic E-state index is -3.68. The Morgan fingerprint density at radius 1 is 1.09 bits per heavy atom. The number of ketones is 1. The Balaban J connectivity index is 2.12. The molecule has 0 aliphatic carbocycles. The summed E-state index contributed by atoms with van der Waals surface area (Å²) in [4.78, 5) is 12.3. The fraction of sp³-hybridized carbons (Fsp3) is 0.188. The number of hydrogen-bond acceptors (Lipinski definition) is 4. The Morgan fingerprint density at radius 2 is 1.82 bits per heavy atom. The van der Waals surface area contributed by atoms with Crippen LogP contribution >= 0.6 is 0 Å². The summed E-state index contributed by atoms with van der Waals surface area (Å²) in [6.45, 7) is 0.148. The highest BCUT2D eigenvalue weighted by Gasteiger charge is 2.32. The van der Waals surface area contributed by atoms with Gasteiger partial charge in [0.1, 0.15) is 5.75 Å². The molecule has 0 saturated heterocycles. The SMILES string of the molecule is COc1ccc2c(c1)C(=O)CCN2S(=O)(=O)c1ccccc1. The van der Waals surface area contributed by atoms with Crippen LogP contribution in [0.2, 0.25) is 0 Å². The summed E-state index contributed by atoms with van der Waals surface area (Å²) in [5.74, 6) is 0.458. The van der Waals surface area contributed by atoms with Crippen molar-refractivity contribution in [3.63, 3.8) is 0 Å². The van der Waals surface area contributed by atoms with Crippen molar-refractivity contribution in [2.75, 3.05) is 18.0 Å². The quantitative estimate of drug-likeness (QED) is 0.872. The van der Waals surface area contributed by atoms with Crippen molar-refractivity contribution in [1.29, 1.82) is 0 Å². The van der Waals surface area contributed by atoms with Gasteiger partial charge in [-0.3, -0.25) is 9.10 Å². The van der Waals surface area contributed by atoms with Crippen LogP contribution in [0, 0.1) is 0 Å². The first-order valence-electron chi connectivity index (χ1n) is 6.83. The van der Waals surface area contributed by atoms with Gasteiger partial charge in [-0.15, -0.1) is 0 Å². The summed E-state index contributed by atoms with van der Waals surface area (Å²) in [7, 11) is -2.17. The second-order valence-electron chi connectivity index (χ2n) is 4.95. The normalized spacial score (nSPS) is 14.6. The molecule has 1 aliphatic heterocycles. The molecule has 1 aliphatic rings. The molecule has 114 valence electrons. The van der Waals surface area contributed by atoms with Gasteiger partial charge in [0, 0.05) is 18.5 Å². The molecule has 0 radical (unpaired) electrons. The van der Waals surface area contributed by atoms with Crippen LogP contribution in [0.3, 0.4) is 0 Å². The van der Waals surface area contributed by atoms with Gasteiger partial charge in [-0.2, -0.15) is 0 Å². The summed E-state index contributed by atoms with van der Waals surface area (Å²) in [6.07, 6.45) is 0.159. The van der Waals surface area contributed by atoms with Crippen molar-refractivity contribution in [3.05, 3.63) is 54.1 Å². The highest BCUT2D eigenvalue weighted by molar-refractivity contribution is 7.92. The third-order valence-electron chi connectivity index (χ3n) is 3.65.